The third-order valence-corrected chi connectivity index (χ3v) is 4.49. The number of benzene rings is 1. The normalized spacial score (nSPS) is 21.3. The summed E-state index contributed by atoms with van der Waals surface area (Å²) in [4.78, 5) is 0. The van der Waals surface area contributed by atoms with E-state index in [1.54, 1.807) is 0 Å². The van der Waals surface area contributed by atoms with E-state index in [0.717, 1.165) is 19.3 Å². The molecule has 17 heavy (non-hydrogen) atoms. The Kier molecular flexibility index (Phi) is 3.07. The summed E-state index contributed by atoms with van der Waals surface area (Å²) in [6.45, 7) is 8.58. The minimum absolute atomic E-state index is 0.143. The fraction of sp³-hybridized carbons (Fsp3) is 0.625. The van der Waals surface area contributed by atoms with Crippen molar-refractivity contribution >= 4 is 0 Å². The van der Waals surface area contributed by atoms with Crippen LogP contribution in [-0.2, 0) is 6.42 Å². The van der Waals surface area contributed by atoms with E-state index in [9.17, 15) is 5.11 Å². The van der Waals surface area contributed by atoms with Crippen LogP contribution in [-0.4, -0.2) is 10.7 Å². The van der Waals surface area contributed by atoms with Gasteiger partial charge in [-0.2, -0.15) is 0 Å². The lowest BCUT2D eigenvalue weighted by molar-refractivity contribution is -0.00702. The van der Waals surface area contributed by atoms with Crippen LogP contribution in [0, 0.1) is 5.41 Å². The van der Waals surface area contributed by atoms with Gasteiger partial charge < -0.3 is 5.11 Å². The van der Waals surface area contributed by atoms with Gasteiger partial charge >= 0.3 is 0 Å². The van der Waals surface area contributed by atoms with Crippen molar-refractivity contribution in [3.05, 3.63) is 35.4 Å². The molecule has 2 rings (SSSR count). The molecule has 0 radical (unpaired) electrons. The van der Waals surface area contributed by atoms with Crippen molar-refractivity contribution in [1.29, 1.82) is 0 Å². The highest BCUT2D eigenvalue weighted by atomic mass is 16.3. The van der Waals surface area contributed by atoms with Crippen molar-refractivity contribution in [2.45, 2.75) is 58.5 Å². The zero-order chi connectivity index (χ0) is 12.7. The van der Waals surface area contributed by atoms with Crippen LogP contribution in [0.4, 0.5) is 0 Å². The van der Waals surface area contributed by atoms with Crippen LogP contribution in [0.5, 0.6) is 0 Å². The van der Waals surface area contributed by atoms with E-state index in [1.807, 2.05) is 6.92 Å². The molecular weight excluding hydrogens is 208 g/mol. The molecule has 0 aliphatic heterocycles. The Hall–Kier alpha value is -0.820. The van der Waals surface area contributed by atoms with Gasteiger partial charge in [0.1, 0.15) is 0 Å². The van der Waals surface area contributed by atoms with Crippen molar-refractivity contribution in [2.75, 3.05) is 0 Å². The maximum absolute atomic E-state index is 10.5. The molecule has 1 fully saturated rings. The van der Waals surface area contributed by atoms with E-state index in [0.29, 0.717) is 5.92 Å². The van der Waals surface area contributed by atoms with Gasteiger partial charge in [0.25, 0.3) is 0 Å². The summed E-state index contributed by atoms with van der Waals surface area (Å²) in [5, 5.41) is 10.5. The van der Waals surface area contributed by atoms with Gasteiger partial charge in [-0.1, -0.05) is 45.0 Å². The Morgan fingerprint density at radius 1 is 1.24 bits per heavy atom. The quantitative estimate of drug-likeness (QED) is 0.834. The molecule has 0 saturated heterocycles. The molecule has 1 nitrogen and oxygen atoms in total. The summed E-state index contributed by atoms with van der Waals surface area (Å²) < 4.78 is 0. The van der Waals surface area contributed by atoms with Crippen molar-refractivity contribution in [2.24, 2.45) is 5.41 Å². The van der Waals surface area contributed by atoms with Crippen molar-refractivity contribution < 1.29 is 5.11 Å². The minimum Gasteiger partial charge on any atom is -0.389 e. The van der Waals surface area contributed by atoms with Gasteiger partial charge in [0, 0.05) is 6.42 Å². The first-order valence-corrected chi connectivity index (χ1v) is 6.65. The second-order valence-corrected chi connectivity index (χ2v) is 6.41. The lowest BCUT2D eigenvalue weighted by Gasteiger charge is -2.30. The molecule has 94 valence electrons. The van der Waals surface area contributed by atoms with Gasteiger partial charge in [-0.25, -0.2) is 0 Å². The zero-order valence-electron chi connectivity index (χ0n) is 11.5. The van der Waals surface area contributed by atoms with Crippen molar-refractivity contribution in [3.8, 4) is 0 Å². The summed E-state index contributed by atoms with van der Waals surface area (Å²) in [6, 6.07) is 8.70. The first-order chi connectivity index (χ1) is 7.84. The van der Waals surface area contributed by atoms with Crippen LogP contribution < -0.4 is 0 Å². The third-order valence-electron chi connectivity index (χ3n) is 4.49. The Bertz CT molecular complexity index is 382. The number of hydrogen-bond acceptors (Lipinski definition) is 1. The van der Waals surface area contributed by atoms with Gasteiger partial charge in [-0.3, -0.25) is 0 Å². The van der Waals surface area contributed by atoms with Crippen molar-refractivity contribution in [1.82, 2.24) is 0 Å². The van der Waals surface area contributed by atoms with Gasteiger partial charge in [0.2, 0.25) is 0 Å². The van der Waals surface area contributed by atoms with E-state index in [4.69, 9.17) is 0 Å². The summed E-state index contributed by atoms with van der Waals surface area (Å²) in [5.41, 5.74) is 2.19. The third kappa shape index (κ3) is 2.55. The fourth-order valence-electron chi connectivity index (χ4n) is 2.36. The van der Waals surface area contributed by atoms with E-state index in [-0.39, 0.29) is 5.41 Å². The molecule has 1 atom stereocenters. The second-order valence-electron chi connectivity index (χ2n) is 6.41. The first-order valence-electron chi connectivity index (χ1n) is 6.65. The number of rotatable bonds is 4. The highest BCUT2D eigenvalue weighted by molar-refractivity contribution is 5.26. The zero-order valence-corrected chi connectivity index (χ0v) is 11.5. The summed E-state index contributed by atoms with van der Waals surface area (Å²) in [6.07, 6.45) is 3.08. The SMILES string of the molecule is CC(C)c1ccc(CC(C)(O)C2(C)CC2)cc1. The molecule has 0 heterocycles. The Morgan fingerprint density at radius 3 is 2.18 bits per heavy atom. The monoisotopic (exact) mass is 232 g/mol. The summed E-state index contributed by atoms with van der Waals surface area (Å²) in [5.74, 6) is 0.575. The van der Waals surface area contributed by atoms with Gasteiger partial charge in [-0.15, -0.1) is 0 Å². The standard InChI is InChI=1S/C16H24O/c1-12(2)14-7-5-13(6-8-14)11-16(4,17)15(3)9-10-15/h5-8,12,17H,9-11H2,1-4H3. The summed E-state index contributed by atoms with van der Waals surface area (Å²) in [7, 11) is 0. The van der Waals surface area contributed by atoms with Crippen LogP contribution in [0.15, 0.2) is 24.3 Å². The molecular formula is C16H24O. The first kappa shape index (κ1) is 12.6. The molecule has 1 unspecified atom stereocenters. The predicted octanol–water partition coefficient (Wildman–Crippen LogP) is 3.90. The average Bonchev–Trinajstić information content (AvgIpc) is 2.98. The van der Waals surface area contributed by atoms with E-state index < -0.39 is 5.60 Å². The molecule has 1 aromatic carbocycles. The van der Waals surface area contributed by atoms with Gasteiger partial charge in [-0.05, 0) is 42.2 Å². The van der Waals surface area contributed by atoms with Crippen LogP contribution in [0.2, 0.25) is 0 Å². The molecule has 0 spiro atoms. The van der Waals surface area contributed by atoms with Crippen LogP contribution in [0.25, 0.3) is 0 Å². The van der Waals surface area contributed by atoms with E-state index in [1.165, 1.54) is 11.1 Å². The number of hydrogen-bond donors (Lipinski definition) is 1. The minimum atomic E-state index is -0.563. The Balaban J connectivity index is 2.09. The Labute approximate surface area is 105 Å². The highest BCUT2D eigenvalue weighted by Crippen LogP contribution is 2.54. The smallest absolute Gasteiger partial charge is 0.0713 e. The largest absolute Gasteiger partial charge is 0.389 e. The maximum atomic E-state index is 10.5. The van der Waals surface area contributed by atoms with Gasteiger partial charge in [0.05, 0.1) is 5.60 Å². The molecule has 0 bridgehead atoms. The van der Waals surface area contributed by atoms with Crippen LogP contribution in [0.1, 0.15) is 57.6 Å². The van der Waals surface area contributed by atoms with Gasteiger partial charge in [0.15, 0.2) is 0 Å². The fourth-order valence-corrected chi connectivity index (χ4v) is 2.36. The van der Waals surface area contributed by atoms with E-state index in [2.05, 4.69) is 45.0 Å². The summed E-state index contributed by atoms with van der Waals surface area (Å²) >= 11 is 0. The molecule has 1 saturated carbocycles. The predicted molar refractivity (Wildman–Crippen MR) is 72.2 cm³/mol. The van der Waals surface area contributed by atoms with Crippen molar-refractivity contribution in [3.63, 3.8) is 0 Å². The number of aliphatic hydroxyl groups is 1. The molecule has 1 aliphatic carbocycles. The lowest BCUT2D eigenvalue weighted by atomic mass is 9.82. The second kappa shape index (κ2) is 4.13. The molecule has 0 amide bonds. The topological polar surface area (TPSA) is 20.2 Å². The van der Waals surface area contributed by atoms with E-state index >= 15 is 0 Å². The molecule has 1 heteroatoms. The van der Waals surface area contributed by atoms with Crippen LogP contribution >= 0.6 is 0 Å². The lowest BCUT2D eigenvalue weighted by Crippen LogP contribution is -2.36. The maximum Gasteiger partial charge on any atom is 0.0713 e. The molecule has 1 aromatic rings. The highest BCUT2D eigenvalue weighted by Gasteiger charge is 2.51. The average molecular weight is 232 g/mol. The molecule has 1 N–H and O–H groups in total. The molecule has 1 aliphatic rings. The molecule has 0 aromatic heterocycles. The Morgan fingerprint density at radius 2 is 1.76 bits per heavy atom. The van der Waals surface area contributed by atoms with Crippen LogP contribution in [0.3, 0.4) is 0 Å².